The Labute approximate surface area is 172 Å². The van der Waals surface area contributed by atoms with Gasteiger partial charge in [-0.1, -0.05) is 51.1 Å². The van der Waals surface area contributed by atoms with E-state index in [0.29, 0.717) is 23.2 Å². The Kier molecular flexibility index (Phi) is 6.83. The Bertz CT molecular complexity index is 864. The van der Waals surface area contributed by atoms with Crippen LogP contribution in [0.25, 0.3) is 0 Å². The van der Waals surface area contributed by atoms with Gasteiger partial charge < -0.3 is 4.74 Å². The van der Waals surface area contributed by atoms with E-state index in [2.05, 4.69) is 5.32 Å². The van der Waals surface area contributed by atoms with E-state index < -0.39 is 23.4 Å². The maximum absolute atomic E-state index is 14.2. The van der Waals surface area contributed by atoms with Crippen molar-refractivity contribution in [3.63, 3.8) is 0 Å². The highest BCUT2D eigenvalue weighted by Crippen LogP contribution is 2.37. The summed E-state index contributed by atoms with van der Waals surface area (Å²) in [4.78, 5) is 25.6. The lowest BCUT2D eigenvalue weighted by atomic mass is 9.77. The number of rotatable bonds is 5. The zero-order valence-electron chi connectivity index (χ0n) is 18.0. The first kappa shape index (κ1) is 22.6. The van der Waals surface area contributed by atoms with Crippen LogP contribution in [0.5, 0.6) is 0 Å². The average molecular weight is 400 g/mol. The Morgan fingerprint density at radius 2 is 1.62 bits per heavy atom. The van der Waals surface area contributed by atoms with E-state index in [1.807, 2.05) is 26.8 Å². The molecule has 2 aromatic carbocycles. The lowest BCUT2D eigenvalue weighted by Gasteiger charge is -2.27. The molecule has 0 spiro atoms. The molecule has 0 aliphatic heterocycles. The van der Waals surface area contributed by atoms with E-state index in [1.165, 1.54) is 18.2 Å². The van der Waals surface area contributed by atoms with Crippen molar-refractivity contribution in [2.75, 3.05) is 5.32 Å². The van der Waals surface area contributed by atoms with Crippen molar-refractivity contribution in [1.29, 1.82) is 0 Å². The number of carbonyl (C=O) groups is 2. The van der Waals surface area contributed by atoms with Crippen LogP contribution in [0, 0.1) is 11.2 Å². The summed E-state index contributed by atoms with van der Waals surface area (Å²) >= 11 is 0. The van der Waals surface area contributed by atoms with Gasteiger partial charge in [-0.25, -0.2) is 9.18 Å². The van der Waals surface area contributed by atoms with Crippen molar-refractivity contribution < 1.29 is 18.7 Å². The van der Waals surface area contributed by atoms with Crippen molar-refractivity contribution in [2.24, 2.45) is 5.41 Å². The largest absolute Gasteiger partial charge is 0.444 e. The van der Waals surface area contributed by atoms with Crippen LogP contribution >= 0.6 is 0 Å². The number of ether oxygens (including phenoxy) is 1. The molecule has 1 unspecified atom stereocenters. The molecule has 0 aromatic heterocycles. The monoisotopic (exact) mass is 399 g/mol. The first-order valence-electron chi connectivity index (χ1n) is 9.74. The van der Waals surface area contributed by atoms with E-state index in [-0.39, 0.29) is 11.2 Å². The third-order valence-electron chi connectivity index (χ3n) is 4.22. The first-order chi connectivity index (χ1) is 13.4. The SMILES string of the molecule is CC(C)(C)CC(C(=O)c1ccccc1)c1cc(F)ccc1NC(=O)OC(C)(C)C. The Morgan fingerprint density at radius 3 is 2.17 bits per heavy atom. The van der Waals surface area contributed by atoms with Crippen LogP contribution < -0.4 is 5.32 Å². The van der Waals surface area contributed by atoms with Crippen molar-refractivity contribution >= 4 is 17.6 Å². The van der Waals surface area contributed by atoms with Crippen LogP contribution in [-0.4, -0.2) is 17.5 Å². The van der Waals surface area contributed by atoms with Crippen LogP contribution in [0.15, 0.2) is 48.5 Å². The summed E-state index contributed by atoms with van der Waals surface area (Å²) in [5.74, 6) is -1.19. The summed E-state index contributed by atoms with van der Waals surface area (Å²) in [6, 6.07) is 13.0. The molecule has 5 heteroatoms. The quantitative estimate of drug-likeness (QED) is 0.578. The first-order valence-corrected chi connectivity index (χ1v) is 9.74. The summed E-state index contributed by atoms with van der Waals surface area (Å²) < 4.78 is 19.5. The molecule has 1 atom stereocenters. The fourth-order valence-electron chi connectivity index (χ4n) is 3.11. The van der Waals surface area contributed by atoms with Gasteiger partial charge in [-0.2, -0.15) is 0 Å². The molecule has 29 heavy (non-hydrogen) atoms. The van der Waals surface area contributed by atoms with Crippen molar-refractivity contribution in [3.05, 3.63) is 65.5 Å². The Balaban J connectivity index is 2.48. The molecular weight excluding hydrogens is 369 g/mol. The van der Waals surface area contributed by atoms with Crippen LogP contribution in [0.2, 0.25) is 0 Å². The molecule has 0 bridgehead atoms. The molecule has 0 radical (unpaired) electrons. The number of benzene rings is 2. The lowest BCUT2D eigenvalue weighted by Crippen LogP contribution is -2.28. The number of hydrogen-bond donors (Lipinski definition) is 1. The molecule has 0 saturated carbocycles. The second kappa shape index (κ2) is 8.76. The van der Waals surface area contributed by atoms with Crippen molar-refractivity contribution in [1.82, 2.24) is 0 Å². The normalized spacial score (nSPS) is 12.9. The summed E-state index contributed by atoms with van der Waals surface area (Å²) in [6.07, 6.45) is -0.153. The summed E-state index contributed by atoms with van der Waals surface area (Å²) in [5.41, 5.74) is 0.507. The minimum atomic E-state index is -0.672. The fraction of sp³-hybridized carbons (Fsp3) is 0.417. The smallest absolute Gasteiger partial charge is 0.412 e. The minimum absolute atomic E-state index is 0.113. The molecule has 0 aliphatic rings. The van der Waals surface area contributed by atoms with Gasteiger partial charge in [0.25, 0.3) is 0 Å². The third kappa shape index (κ3) is 7.00. The molecule has 156 valence electrons. The average Bonchev–Trinajstić information content (AvgIpc) is 2.59. The molecule has 0 heterocycles. The molecule has 0 aliphatic carbocycles. The Morgan fingerprint density at radius 1 is 1.00 bits per heavy atom. The predicted molar refractivity (Wildman–Crippen MR) is 114 cm³/mol. The van der Waals surface area contributed by atoms with Crippen LogP contribution in [0.3, 0.4) is 0 Å². The number of anilines is 1. The second-order valence-corrected chi connectivity index (χ2v) is 9.41. The molecule has 0 fully saturated rings. The summed E-state index contributed by atoms with van der Waals surface area (Å²) in [7, 11) is 0. The highest BCUT2D eigenvalue weighted by Gasteiger charge is 2.30. The number of ketones is 1. The predicted octanol–water partition coefficient (Wildman–Crippen LogP) is 6.58. The molecule has 0 saturated heterocycles. The molecule has 2 aromatic rings. The third-order valence-corrected chi connectivity index (χ3v) is 4.22. The van der Waals surface area contributed by atoms with Gasteiger partial charge in [-0.3, -0.25) is 10.1 Å². The van der Waals surface area contributed by atoms with Gasteiger partial charge in [0, 0.05) is 11.3 Å². The lowest BCUT2D eigenvalue weighted by molar-refractivity contribution is 0.0635. The van der Waals surface area contributed by atoms with Gasteiger partial charge in [0.15, 0.2) is 5.78 Å². The van der Waals surface area contributed by atoms with E-state index in [4.69, 9.17) is 4.74 Å². The van der Waals surface area contributed by atoms with Gasteiger partial charge in [-0.05, 0) is 56.4 Å². The Hall–Kier alpha value is -2.69. The van der Waals surface area contributed by atoms with E-state index in [1.54, 1.807) is 45.0 Å². The van der Waals surface area contributed by atoms with E-state index in [0.717, 1.165) is 0 Å². The van der Waals surface area contributed by atoms with Gasteiger partial charge >= 0.3 is 6.09 Å². The highest BCUT2D eigenvalue weighted by molar-refractivity contribution is 6.02. The van der Waals surface area contributed by atoms with Crippen LogP contribution in [-0.2, 0) is 4.74 Å². The number of halogens is 1. The van der Waals surface area contributed by atoms with Crippen molar-refractivity contribution in [3.8, 4) is 0 Å². The number of hydrogen-bond acceptors (Lipinski definition) is 3. The van der Waals surface area contributed by atoms with Gasteiger partial charge in [0.2, 0.25) is 0 Å². The maximum atomic E-state index is 14.2. The second-order valence-electron chi connectivity index (χ2n) is 9.41. The van der Waals surface area contributed by atoms with Gasteiger partial charge in [0.05, 0.1) is 5.92 Å². The number of amides is 1. The summed E-state index contributed by atoms with van der Waals surface area (Å²) in [6.45, 7) is 11.4. The standard InChI is InChI=1S/C24H30FNO3/c1-23(2,3)15-19(21(27)16-10-8-7-9-11-16)18-14-17(25)12-13-20(18)26-22(28)29-24(4,5)6/h7-14,19H,15H2,1-6H3,(H,26,28). The molecule has 1 N–H and O–H groups in total. The summed E-state index contributed by atoms with van der Waals surface area (Å²) in [5, 5.41) is 2.69. The molecular formula is C24H30FNO3. The topological polar surface area (TPSA) is 55.4 Å². The fourth-order valence-corrected chi connectivity index (χ4v) is 3.11. The molecule has 4 nitrogen and oxygen atoms in total. The minimum Gasteiger partial charge on any atom is -0.444 e. The van der Waals surface area contributed by atoms with E-state index in [9.17, 15) is 14.0 Å². The van der Waals surface area contributed by atoms with Gasteiger partial charge in [-0.15, -0.1) is 0 Å². The van der Waals surface area contributed by atoms with Gasteiger partial charge in [0.1, 0.15) is 11.4 Å². The number of nitrogens with one attached hydrogen (secondary N) is 1. The maximum Gasteiger partial charge on any atom is 0.412 e. The van der Waals surface area contributed by atoms with E-state index >= 15 is 0 Å². The molecule has 2 rings (SSSR count). The zero-order valence-corrected chi connectivity index (χ0v) is 18.0. The van der Waals surface area contributed by atoms with Crippen molar-refractivity contribution in [2.45, 2.75) is 59.5 Å². The number of Topliss-reactive ketones (excluding diaryl/α,β-unsaturated/α-hetero) is 1. The molecule has 1 amide bonds. The zero-order chi connectivity index (χ0) is 21.8. The highest BCUT2D eigenvalue weighted by atomic mass is 19.1. The van der Waals surface area contributed by atoms with Crippen LogP contribution in [0.1, 0.15) is 69.8 Å². The van der Waals surface area contributed by atoms with Crippen LogP contribution in [0.4, 0.5) is 14.9 Å². The number of carbonyl (C=O) groups excluding carboxylic acids is 2.